The van der Waals surface area contributed by atoms with Crippen LogP contribution in [0.1, 0.15) is 44.1 Å². The first-order valence-electron chi connectivity index (χ1n) is 14.0. The molecule has 1 amide bonds. The highest BCUT2D eigenvalue weighted by molar-refractivity contribution is 5.92. The molecule has 9 nitrogen and oxygen atoms in total. The molecule has 0 radical (unpaired) electrons. The summed E-state index contributed by atoms with van der Waals surface area (Å²) in [5.41, 5.74) is 2.84. The van der Waals surface area contributed by atoms with Crippen molar-refractivity contribution in [3.05, 3.63) is 42.4 Å². The normalized spacial score (nSPS) is 18.7. The van der Waals surface area contributed by atoms with Gasteiger partial charge in [-0.25, -0.2) is 15.0 Å². The van der Waals surface area contributed by atoms with Crippen molar-refractivity contribution >= 4 is 46.5 Å². The number of halogens is 1. The first-order chi connectivity index (χ1) is 18.6. The van der Waals surface area contributed by atoms with E-state index in [0.717, 1.165) is 104 Å². The van der Waals surface area contributed by atoms with Gasteiger partial charge in [0.1, 0.15) is 29.8 Å². The lowest BCUT2D eigenvalue weighted by Gasteiger charge is -2.34. The van der Waals surface area contributed by atoms with Crippen molar-refractivity contribution in [2.45, 2.75) is 51.6 Å². The molecule has 10 heteroatoms. The van der Waals surface area contributed by atoms with Crippen molar-refractivity contribution in [2.75, 3.05) is 49.5 Å². The van der Waals surface area contributed by atoms with Crippen LogP contribution in [0, 0.1) is 12.8 Å². The molecule has 1 saturated carbocycles. The topological polar surface area (TPSA) is 95.5 Å². The summed E-state index contributed by atoms with van der Waals surface area (Å²) in [6.07, 6.45) is 9.83. The summed E-state index contributed by atoms with van der Waals surface area (Å²) in [6.45, 7) is 7.46. The fourth-order valence-electron chi connectivity index (χ4n) is 5.92. The number of piperazine rings is 1. The number of benzene rings is 1. The number of carbonyl (C=O) groups is 1. The third-order valence-electron chi connectivity index (χ3n) is 8.14. The Labute approximate surface area is 236 Å². The van der Waals surface area contributed by atoms with Crippen molar-refractivity contribution in [1.82, 2.24) is 25.2 Å². The second-order valence-corrected chi connectivity index (χ2v) is 10.7. The Bertz CT molecular complexity index is 1290. The predicted molar refractivity (Wildman–Crippen MR) is 156 cm³/mol. The minimum Gasteiger partial charge on any atom is -0.490 e. The number of hydrogen-bond donors (Lipinski definition) is 2. The Balaban J connectivity index is 0.00000308. The van der Waals surface area contributed by atoms with E-state index < -0.39 is 0 Å². The molecule has 0 atom stereocenters. The first kappa shape index (κ1) is 27.4. The predicted octanol–water partition coefficient (Wildman–Crippen LogP) is 4.47. The number of likely N-dealkylation sites (tertiary alicyclic amines) is 1. The third kappa shape index (κ3) is 6.20. The highest BCUT2D eigenvalue weighted by Gasteiger charge is 2.30. The van der Waals surface area contributed by atoms with Gasteiger partial charge in [0, 0.05) is 69.1 Å². The zero-order valence-electron chi connectivity index (χ0n) is 22.6. The number of nitrogens with one attached hydrogen (secondary N) is 2. The summed E-state index contributed by atoms with van der Waals surface area (Å²) in [5.74, 6) is 3.23. The van der Waals surface area contributed by atoms with Crippen molar-refractivity contribution in [3.63, 3.8) is 0 Å². The Kier molecular flexibility index (Phi) is 8.67. The summed E-state index contributed by atoms with van der Waals surface area (Å²) in [4.78, 5) is 30.7. The number of piperidine rings is 1. The Morgan fingerprint density at radius 2 is 1.77 bits per heavy atom. The monoisotopic (exact) mass is 551 g/mol. The fraction of sp³-hybridized carbons (Fsp3) is 0.517. The molecule has 2 saturated heterocycles. The zero-order chi connectivity index (χ0) is 25.9. The number of ether oxygens (including phenoxy) is 1. The van der Waals surface area contributed by atoms with E-state index in [1.807, 2.05) is 18.3 Å². The fourth-order valence-corrected chi connectivity index (χ4v) is 5.92. The van der Waals surface area contributed by atoms with Crippen LogP contribution in [0.25, 0.3) is 10.9 Å². The molecule has 39 heavy (non-hydrogen) atoms. The average Bonchev–Trinajstić information content (AvgIpc) is 3.50. The smallest absolute Gasteiger partial charge is 0.225 e. The molecule has 3 aliphatic rings. The number of aromatic nitrogens is 3. The highest BCUT2D eigenvalue weighted by atomic mass is 35.5. The Morgan fingerprint density at radius 3 is 2.51 bits per heavy atom. The number of rotatable bonds is 6. The lowest BCUT2D eigenvalue weighted by molar-refractivity contribution is -0.137. The van der Waals surface area contributed by atoms with Crippen molar-refractivity contribution < 1.29 is 9.53 Å². The van der Waals surface area contributed by atoms with Gasteiger partial charge in [-0.1, -0.05) is 12.8 Å². The van der Waals surface area contributed by atoms with E-state index in [-0.39, 0.29) is 24.4 Å². The van der Waals surface area contributed by atoms with E-state index in [0.29, 0.717) is 5.91 Å². The van der Waals surface area contributed by atoms with Crippen molar-refractivity contribution in [2.24, 2.45) is 5.92 Å². The van der Waals surface area contributed by atoms with Crippen LogP contribution in [0.15, 0.2) is 36.8 Å². The van der Waals surface area contributed by atoms with Gasteiger partial charge in [-0.2, -0.15) is 0 Å². The number of aryl methyl sites for hydroxylation is 1. The second kappa shape index (κ2) is 12.3. The lowest BCUT2D eigenvalue weighted by Crippen LogP contribution is -2.44. The summed E-state index contributed by atoms with van der Waals surface area (Å²) in [7, 11) is 0. The molecule has 1 aliphatic carbocycles. The molecular weight excluding hydrogens is 514 g/mol. The van der Waals surface area contributed by atoms with Crippen LogP contribution < -0.4 is 20.3 Å². The van der Waals surface area contributed by atoms with Gasteiger partial charge in [0.2, 0.25) is 5.91 Å². The van der Waals surface area contributed by atoms with Crippen LogP contribution in [0.4, 0.5) is 17.3 Å². The SMILES string of the molecule is Cc1cc(Nc2ncnc3cnc(N4CCNCC4)cc23)ccc1OC1CCN(C(=O)C2CCCC2)CC1.Cl. The first-order valence-corrected chi connectivity index (χ1v) is 14.0. The molecule has 0 bridgehead atoms. The van der Waals surface area contributed by atoms with Crippen molar-refractivity contribution in [1.29, 1.82) is 0 Å². The summed E-state index contributed by atoms with van der Waals surface area (Å²) in [6, 6.07) is 8.25. The molecule has 208 valence electrons. The maximum atomic E-state index is 12.7. The minimum absolute atomic E-state index is 0. The number of fused-ring (bicyclic) bond motifs is 1. The molecule has 2 aromatic heterocycles. The van der Waals surface area contributed by atoms with Crippen LogP contribution >= 0.6 is 12.4 Å². The van der Waals surface area contributed by atoms with Gasteiger partial charge in [-0.15, -0.1) is 12.4 Å². The van der Waals surface area contributed by atoms with Gasteiger partial charge in [-0.05, 0) is 49.6 Å². The standard InChI is InChI=1S/C29H37N7O2.ClH/c1-20-16-22(6-7-26(20)38-23-8-12-36(13-9-23)29(37)21-4-2-3-5-21)34-28-24-17-27(35-14-10-30-11-15-35)31-18-25(24)32-19-33-28;/h6-7,16-19,21,23,30H,2-5,8-15H2,1H3,(H,32,33,34);1H. The van der Waals surface area contributed by atoms with Gasteiger partial charge in [-0.3, -0.25) is 4.79 Å². The van der Waals surface area contributed by atoms with Crippen LogP contribution in [0.2, 0.25) is 0 Å². The van der Waals surface area contributed by atoms with Gasteiger partial charge in [0.25, 0.3) is 0 Å². The van der Waals surface area contributed by atoms with E-state index in [1.165, 1.54) is 12.8 Å². The van der Waals surface area contributed by atoms with Gasteiger partial charge in [0.05, 0.1) is 11.7 Å². The van der Waals surface area contributed by atoms with E-state index in [9.17, 15) is 4.79 Å². The Hall–Kier alpha value is -3.17. The third-order valence-corrected chi connectivity index (χ3v) is 8.14. The molecular formula is C29H38ClN7O2. The van der Waals surface area contributed by atoms with Gasteiger partial charge >= 0.3 is 0 Å². The zero-order valence-corrected chi connectivity index (χ0v) is 23.4. The van der Waals surface area contributed by atoms with E-state index in [2.05, 4.69) is 54.4 Å². The van der Waals surface area contributed by atoms with Crippen molar-refractivity contribution in [3.8, 4) is 5.75 Å². The molecule has 3 fully saturated rings. The summed E-state index contributed by atoms with van der Waals surface area (Å²) in [5, 5.41) is 7.82. The molecule has 3 aromatic rings. The lowest BCUT2D eigenvalue weighted by atomic mass is 10.0. The summed E-state index contributed by atoms with van der Waals surface area (Å²) >= 11 is 0. The van der Waals surface area contributed by atoms with Gasteiger partial charge in [0.15, 0.2) is 0 Å². The van der Waals surface area contributed by atoms with Crippen LogP contribution in [0.5, 0.6) is 5.75 Å². The number of pyridine rings is 1. The maximum absolute atomic E-state index is 12.7. The summed E-state index contributed by atoms with van der Waals surface area (Å²) < 4.78 is 6.39. The average molecular weight is 552 g/mol. The molecule has 0 unspecified atom stereocenters. The molecule has 0 spiro atoms. The number of nitrogens with zero attached hydrogens (tertiary/aromatic N) is 5. The van der Waals surface area contributed by atoms with E-state index in [4.69, 9.17) is 4.74 Å². The molecule has 2 aliphatic heterocycles. The second-order valence-electron chi connectivity index (χ2n) is 10.7. The van der Waals surface area contributed by atoms with Crippen LogP contribution in [-0.4, -0.2) is 71.1 Å². The van der Waals surface area contributed by atoms with E-state index in [1.54, 1.807) is 6.33 Å². The Morgan fingerprint density at radius 1 is 1.00 bits per heavy atom. The van der Waals surface area contributed by atoms with Crippen LogP contribution in [-0.2, 0) is 4.79 Å². The molecule has 4 heterocycles. The number of carbonyl (C=O) groups excluding carboxylic acids is 1. The molecule has 6 rings (SSSR count). The highest BCUT2D eigenvalue weighted by Crippen LogP contribution is 2.31. The number of anilines is 3. The molecule has 1 aromatic carbocycles. The largest absolute Gasteiger partial charge is 0.490 e. The minimum atomic E-state index is 0. The quantitative estimate of drug-likeness (QED) is 0.463. The number of amides is 1. The molecule has 2 N–H and O–H groups in total. The van der Waals surface area contributed by atoms with Gasteiger partial charge < -0.3 is 25.2 Å². The maximum Gasteiger partial charge on any atom is 0.225 e. The number of hydrogen-bond acceptors (Lipinski definition) is 8. The van der Waals surface area contributed by atoms with E-state index >= 15 is 0 Å². The van der Waals surface area contributed by atoms with Crippen LogP contribution in [0.3, 0.4) is 0 Å².